The van der Waals surface area contributed by atoms with Gasteiger partial charge in [-0.3, -0.25) is 0 Å². The smallest absolute Gasteiger partial charge is 1.00 e. The van der Waals surface area contributed by atoms with E-state index >= 15 is 0 Å². The summed E-state index contributed by atoms with van der Waals surface area (Å²) < 4.78 is 1.01. The van der Waals surface area contributed by atoms with E-state index in [4.69, 9.17) is 12.2 Å². The van der Waals surface area contributed by atoms with Gasteiger partial charge in [-0.15, -0.1) is 0 Å². The summed E-state index contributed by atoms with van der Waals surface area (Å²) in [5.41, 5.74) is 0. The molecule has 0 aliphatic carbocycles. The van der Waals surface area contributed by atoms with Crippen molar-refractivity contribution < 1.29 is 31.0 Å². The Labute approximate surface area is 167 Å². The molecule has 0 aliphatic heterocycles. The van der Waals surface area contributed by atoms with Crippen molar-refractivity contribution in [3.8, 4) is 0 Å². The van der Waals surface area contributed by atoms with Crippen molar-refractivity contribution in [3.63, 3.8) is 0 Å². The van der Waals surface area contributed by atoms with E-state index in [0.717, 1.165) is 22.7 Å². The maximum absolute atomic E-state index is 5.46. The third-order valence-corrected chi connectivity index (χ3v) is 5.61. The molecular formula is C17H36NNaS2. The molecule has 0 rings (SSSR count). The minimum Gasteiger partial charge on any atom is -1.00 e. The largest absolute Gasteiger partial charge is 1.00 e. The van der Waals surface area contributed by atoms with Crippen LogP contribution in [0.1, 0.15) is 80.5 Å². The van der Waals surface area contributed by atoms with Gasteiger partial charge in [0.05, 0.1) is 0 Å². The van der Waals surface area contributed by atoms with Crippen LogP contribution in [0.2, 0.25) is 0 Å². The topological polar surface area (TPSA) is 12.0 Å². The Bertz CT molecular complexity index is 221. The summed E-state index contributed by atoms with van der Waals surface area (Å²) in [6, 6.07) is 0. The van der Waals surface area contributed by atoms with Gasteiger partial charge in [0.25, 0.3) is 0 Å². The predicted octanol–water partition coefficient (Wildman–Crippen LogP) is 3.14. The molecule has 4 heteroatoms. The molecule has 21 heavy (non-hydrogen) atoms. The Balaban J connectivity index is -0.00000180. The van der Waals surface area contributed by atoms with Gasteiger partial charge in [0.15, 0.2) is 0 Å². The first-order chi connectivity index (χ1) is 9.67. The third-order valence-electron chi connectivity index (χ3n) is 4.07. The quantitative estimate of drug-likeness (QED) is 0.433. The van der Waals surface area contributed by atoms with Crippen LogP contribution in [-0.2, 0) is 0 Å². The molecule has 0 aromatic heterocycles. The van der Waals surface area contributed by atoms with Crippen molar-refractivity contribution in [1.29, 1.82) is 0 Å². The average molecular weight is 342 g/mol. The van der Waals surface area contributed by atoms with Gasteiger partial charge in [-0.1, -0.05) is 90.2 Å². The van der Waals surface area contributed by atoms with Crippen LogP contribution in [0, 0.1) is 11.8 Å². The fraction of sp³-hybridized carbons (Fsp3) is 0.941. The zero-order chi connectivity index (χ0) is 15.2. The molecule has 1 nitrogen and oxygen atoms in total. The van der Waals surface area contributed by atoms with Crippen LogP contribution >= 0.6 is 24.0 Å². The minimum atomic E-state index is 0. The number of unbranched alkanes of at least 4 members (excludes halogenated alkanes) is 2. The molecule has 0 amide bonds. The molecule has 0 heterocycles. The van der Waals surface area contributed by atoms with Crippen LogP contribution < -0.4 is 34.9 Å². The molecule has 0 fully saturated rings. The van der Waals surface area contributed by atoms with Crippen molar-refractivity contribution in [1.82, 2.24) is 5.32 Å². The summed E-state index contributed by atoms with van der Waals surface area (Å²) in [5.74, 6) is 2.81. The van der Waals surface area contributed by atoms with E-state index in [-0.39, 0.29) is 31.0 Å². The Hall–Kier alpha value is 1.24. The van der Waals surface area contributed by atoms with Crippen LogP contribution in [0.4, 0.5) is 0 Å². The molecule has 0 saturated heterocycles. The summed E-state index contributed by atoms with van der Waals surface area (Å²) in [7, 11) is 0. The van der Waals surface area contributed by atoms with E-state index in [0.29, 0.717) is 0 Å². The SMILES string of the molecule is CCCCC(CC)CNC(=S)SCC(CC)CCCC.[H-].[Na+]. The summed E-state index contributed by atoms with van der Waals surface area (Å²) in [4.78, 5) is 0. The number of nitrogens with one attached hydrogen (secondary N) is 1. The molecule has 0 saturated carbocycles. The van der Waals surface area contributed by atoms with Crippen molar-refractivity contribution in [2.75, 3.05) is 12.3 Å². The molecule has 0 aliphatic rings. The molecule has 0 spiro atoms. The van der Waals surface area contributed by atoms with Gasteiger partial charge >= 0.3 is 29.6 Å². The van der Waals surface area contributed by atoms with E-state index in [1.165, 1.54) is 57.1 Å². The Morgan fingerprint density at radius 1 is 1.00 bits per heavy atom. The standard InChI is InChI=1S/C17H35NS2.Na.H/c1-5-9-11-15(7-3)13-18-17(19)20-14-16(8-4)12-10-6-2;;/h15-16H,5-14H2,1-4H3,(H,18,19);;/q;+1;-1. The summed E-state index contributed by atoms with van der Waals surface area (Å²) >= 11 is 7.32. The van der Waals surface area contributed by atoms with E-state index in [1.54, 1.807) is 0 Å². The molecule has 0 aromatic carbocycles. The van der Waals surface area contributed by atoms with Crippen molar-refractivity contribution in [2.45, 2.75) is 79.1 Å². The number of rotatable bonds is 12. The molecule has 0 aromatic rings. The fourth-order valence-electron chi connectivity index (χ4n) is 2.31. The second kappa shape index (κ2) is 17.6. The number of hydrogen-bond acceptors (Lipinski definition) is 2. The molecule has 1 N–H and O–H groups in total. The molecule has 0 radical (unpaired) electrons. The zero-order valence-electron chi connectivity index (χ0n) is 16.0. The Morgan fingerprint density at radius 2 is 1.52 bits per heavy atom. The van der Waals surface area contributed by atoms with Gasteiger partial charge in [0, 0.05) is 12.3 Å². The monoisotopic (exact) mass is 341 g/mol. The van der Waals surface area contributed by atoms with Crippen molar-refractivity contribution in [3.05, 3.63) is 0 Å². The van der Waals surface area contributed by atoms with E-state index in [2.05, 4.69) is 33.0 Å². The first-order valence-corrected chi connectivity index (χ1v) is 9.97. The maximum atomic E-state index is 5.46. The molecule has 122 valence electrons. The summed E-state index contributed by atoms with van der Waals surface area (Å²) in [6.07, 6.45) is 10.5. The minimum absolute atomic E-state index is 0. The van der Waals surface area contributed by atoms with E-state index < -0.39 is 0 Å². The summed E-state index contributed by atoms with van der Waals surface area (Å²) in [6.45, 7) is 10.2. The number of thioether (sulfide) groups is 1. The second-order valence-electron chi connectivity index (χ2n) is 5.81. The first kappa shape index (κ1) is 24.5. The fourth-order valence-corrected chi connectivity index (χ4v) is 3.58. The van der Waals surface area contributed by atoms with Gasteiger partial charge in [-0.05, 0) is 24.7 Å². The molecular weight excluding hydrogens is 305 g/mol. The first-order valence-electron chi connectivity index (χ1n) is 8.58. The van der Waals surface area contributed by atoms with Gasteiger partial charge in [0.1, 0.15) is 4.32 Å². The Morgan fingerprint density at radius 3 is 2.00 bits per heavy atom. The van der Waals surface area contributed by atoms with Crippen molar-refractivity contribution >= 4 is 28.3 Å². The molecule has 2 atom stereocenters. The van der Waals surface area contributed by atoms with Crippen LogP contribution in [0.3, 0.4) is 0 Å². The van der Waals surface area contributed by atoms with Crippen molar-refractivity contribution in [2.24, 2.45) is 11.8 Å². The number of thiocarbonyl (C=S) groups is 1. The van der Waals surface area contributed by atoms with Gasteiger partial charge in [0.2, 0.25) is 0 Å². The van der Waals surface area contributed by atoms with E-state index in [9.17, 15) is 0 Å². The third kappa shape index (κ3) is 14.6. The van der Waals surface area contributed by atoms with Gasteiger partial charge < -0.3 is 6.74 Å². The van der Waals surface area contributed by atoms with Crippen LogP contribution in [0.25, 0.3) is 0 Å². The molecule has 0 bridgehead atoms. The zero-order valence-corrected chi connectivity index (χ0v) is 18.7. The average Bonchev–Trinajstić information content (AvgIpc) is 2.47. The van der Waals surface area contributed by atoms with Crippen LogP contribution in [-0.4, -0.2) is 16.6 Å². The van der Waals surface area contributed by atoms with Gasteiger partial charge in [-0.25, -0.2) is 0 Å². The second-order valence-corrected chi connectivity index (χ2v) is 7.51. The van der Waals surface area contributed by atoms with E-state index in [1.807, 2.05) is 11.8 Å². The number of hydrogen-bond donors (Lipinski definition) is 1. The predicted molar refractivity (Wildman–Crippen MR) is 101 cm³/mol. The maximum Gasteiger partial charge on any atom is 1.00 e. The summed E-state index contributed by atoms with van der Waals surface area (Å²) in [5, 5.41) is 3.47. The molecule has 2 unspecified atom stereocenters. The van der Waals surface area contributed by atoms with Gasteiger partial charge in [-0.2, -0.15) is 0 Å². The normalized spacial score (nSPS) is 13.3. The Kier molecular flexibility index (Phi) is 20.5. The van der Waals surface area contributed by atoms with Crippen LogP contribution in [0.15, 0.2) is 0 Å². The van der Waals surface area contributed by atoms with Crippen LogP contribution in [0.5, 0.6) is 0 Å².